The number of nitrogens with zero attached hydrogens (tertiary/aromatic N) is 1. The maximum atomic E-state index is 11.4. The zero-order valence-corrected chi connectivity index (χ0v) is 9.12. The van der Waals surface area contributed by atoms with Gasteiger partial charge in [-0.2, -0.15) is 0 Å². The van der Waals surface area contributed by atoms with Crippen LogP contribution in [0.3, 0.4) is 0 Å². The van der Waals surface area contributed by atoms with Crippen molar-refractivity contribution in [2.24, 2.45) is 5.92 Å². The molecule has 14 heavy (non-hydrogen) atoms. The molecule has 0 rings (SSSR count). The first-order valence-corrected chi connectivity index (χ1v) is 4.95. The summed E-state index contributed by atoms with van der Waals surface area (Å²) in [4.78, 5) is 23.4. The van der Waals surface area contributed by atoms with Crippen LogP contribution in [0.15, 0.2) is 0 Å². The van der Waals surface area contributed by atoms with E-state index in [1.54, 1.807) is 14.0 Å². The molecule has 1 amide bonds. The molecule has 0 heterocycles. The highest BCUT2D eigenvalue weighted by atomic mass is 16.4. The molecule has 4 heteroatoms. The molecule has 82 valence electrons. The van der Waals surface area contributed by atoms with Crippen molar-refractivity contribution in [3.63, 3.8) is 0 Å². The zero-order chi connectivity index (χ0) is 11.1. The molecule has 0 saturated heterocycles. The summed E-state index contributed by atoms with van der Waals surface area (Å²) in [7, 11) is 1.65. The second-order valence-corrected chi connectivity index (χ2v) is 3.62. The van der Waals surface area contributed by atoms with E-state index in [-0.39, 0.29) is 12.5 Å². The van der Waals surface area contributed by atoms with Gasteiger partial charge in [-0.15, -0.1) is 0 Å². The van der Waals surface area contributed by atoms with Crippen molar-refractivity contribution in [1.82, 2.24) is 4.90 Å². The first kappa shape index (κ1) is 12.9. The van der Waals surface area contributed by atoms with Gasteiger partial charge in [0, 0.05) is 20.0 Å². The first-order valence-electron chi connectivity index (χ1n) is 4.95. The summed E-state index contributed by atoms with van der Waals surface area (Å²) in [6.45, 7) is 3.91. The number of unbranched alkanes of at least 4 members (excludes halogenated alkanes) is 1. The molecule has 0 aromatic rings. The Morgan fingerprint density at radius 1 is 1.43 bits per heavy atom. The van der Waals surface area contributed by atoms with Crippen molar-refractivity contribution >= 4 is 11.9 Å². The van der Waals surface area contributed by atoms with Gasteiger partial charge in [0.05, 0.1) is 5.92 Å². The van der Waals surface area contributed by atoms with Crippen LogP contribution in [-0.2, 0) is 9.59 Å². The van der Waals surface area contributed by atoms with Crippen LogP contribution >= 0.6 is 0 Å². The maximum Gasteiger partial charge on any atom is 0.308 e. The number of carbonyl (C=O) groups excluding carboxylic acids is 1. The fourth-order valence-electron chi connectivity index (χ4n) is 1.11. The number of amides is 1. The van der Waals surface area contributed by atoms with E-state index in [0.717, 1.165) is 12.8 Å². The smallest absolute Gasteiger partial charge is 0.308 e. The number of carboxylic acids is 1. The lowest BCUT2D eigenvalue weighted by atomic mass is 10.1. The van der Waals surface area contributed by atoms with Gasteiger partial charge in [-0.1, -0.05) is 20.3 Å². The van der Waals surface area contributed by atoms with Crippen molar-refractivity contribution < 1.29 is 14.7 Å². The Kier molecular flexibility index (Phi) is 5.92. The van der Waals surface area contributed by atoms with Crippen molar-refractivity contribution in [3.05, 3.63) is 0 Å². The lowest BCUT2D eigenvalue weighted by Gasteiger charge is -2.19. The summed E-state index contributed by atoms with van der Waals surface area (Å²) in [6, 6.07) is 0. The van der Waals surface area contributed by atoms with Crippen LogP contribution in [0.1, 0.15) is 33.1 Å². The molecule has 0 radical (unpaired) electrons. The number of hydrogen-bond acceptors (Lipinski definition) is 2. The Labute approximate surface area is 84.9 Å². The minimum Gasteiger partial charge on any atom is -0.481 e. The van der Waals surface area contributed by atoms with E-state index in [1.807, 2.05) is 6.92 Å². The lowest BCUT2D eigenvalue weighted by molar-refractivity contribution is -0.142. The Morgan fingerprint density at radius 3 is 2.43 bits per heavy atom. The summed E-state index contributed by atoms with van der Waals surface area (Å²) < 4.78 is 0. The van der Waals surface area contributed by atoms with Gasteiger partial charge in [-0.05, 0) is 6.42 Å². The second-order valence-electron chi connectivity index (χ2n) is 3.62. The Hall–Kier alpha value is -1.06. The van der Waals surface area contributed by atoms with E-state index in [0.29, 0.717) is 6.42 Å². The van der Waals surface area contributed by atoms with Crippen molar-refractivity contribution in [1.29, 1.82) is 0 Å². The molecule has 0 spiro atoms. The molecule has 4 nitrogen and oxygen atoms in total. The summed E-state index contributed by atoms with van der Waals surface area (Å²) in [5.41, 5.74) is 0. The predicted molar refractivity (Wildman–Crippen MR) is 54.0 cm³/mol. The Balaban J connectivity index is 3.88. The Morgan fingerprint density at radius 2 is 2.00 bits per heavy atom. The van der Waals surface area contributed by atoms with Crippen LogP contribution in [-0.4, -0.2) is 35.5 Å². The monoisotopic (exact) mass is 201 g/mol. The molecule has 1 atom stereocenters. The maximum absolute atomic E-state index is 11.4. The summed E-state index contributed by atoms with van der Waals surface area (Å²) in [6.07, 6.45) is 2.36. The molecule has 0 aliphatic carbocycles. The summed E-state index contributed by atoms with van der Waals surface area (Å²) in [5.74, 6) is -1.33. The minimum atomic E-state index is -0.861. The first-order chi connectivity index (χ1) is 6.49. The van der Waals surface area contributed by atoms with Gasteiger partial charge in [-0.3, -0.25) is 9.59 Å². The zero-order valence-electron chi connectivity index (χ0n) is 9.12. The van der Waals surface area contributed by atoms with Crippen molar-refractivity contribution in [3.8, 4) is 0 Å². The quantitative estimate of drug-likeness (QED) is 0.705. The van der Waals surface area contributed by atoms with E-state index < -0.39 is 11.9 Å². The molecule has 0 aromatic carbocycles. The number of aliphatic carboxylic acids is 1. The van der Waals surface area contributed by atoms with Gasteiger partial charge < -0.3 is 10.0 Å². The molecule has 1 unspecified atom stereocenters. The highest BCUT2D eigenvalue weighted by Gasteiger charge is 2.16. The number of carbonyl (C=O) groups is 2. The second kappa shape index (κ2) is 6.40. The lowest BCUT2D eigenvalue weighted by Crippen LogP contribution is -2.33. The predicted octanol–water partition coefficient (Wildman–Crippen LogP) is 1.36. The molecular formula is C10H19NO3. The average molecular weight is 201 g/mol. The van der Waals surface area contributed by atoms with E-state index in [1.165, 1.54) is 4.90 Å². The molecule has 0 saturated carbocycles. The van der Waals surface area contributed by atoms with Crippen LogP contribution in [0, 0.1) is 5.92 Å². The van der Waals surface area contributed by atoms with Gasteiger partial charge in [0.2, 0.25) is 5.91 Å². The largest absolute Gasteiger partial charge is 0.481 e. The van der Waals surface area contributed by atoms with Gasteiger partial charge in [0.25, 0.3) is 0 Å². The van der Waals surface area contributed by atoms with Crippen LogP contribution < -0.4 is 0 Å². The van der Waals surface area contributed by atoms with Crippen LogP contribution in [0.4, 0.5) is 0 Å². The normalized spacial score (nSPS) is 12.2. The third kappa shape index (κ3) is 4.84. The highest BCUT2D eigenvalue weighted by molar-refractivity contribution is 5.77. The number of rotatable bonds is 6. The molecule has 0 bridgehead atoms. The van der Waals surface area contributed by atoms with Crippen molar-refractivity contribution in [2.75, 3.05) is 13.6 Å². The fraction of sp³-hybridized carbons (Fsp3) is 0.800. The van der Waals surface area contributed by atoms with Gasteiger partial charge in [0.1, 0.15) is 0 Å². The van der Waals surface area contributed by atoms with Crippen LogP contribution in [0.25, 0.3) is 0 Å². The topological polar surface area (TPSA) is 57.6 Å². The summed E-state index contributed by atoms with van der Waals surface area (Å²) in [5, 5.41) is 8.65. The van der Waals surface area contributed by atoms with Gasteiger partial charge >= 0.3 is 5.97 Å². The van der Waals surface area contributed by atoms with E-state index >= 15 is 0 Å². The number of carboxylic acid groups (broad SMARTS) is 1. The average Bonchev–Trinajstić information content (AvgIpc) is 2.13. The van der Waals surface area contributed by atoms with Gasteiger partial charge in [0.15, 0.2) is 0 Å². The molecule has 0 aromatic heterocycles. The van der Waals surface area contributed by atoms with Crippen LogP contribution in [0.5, 0.6) is 0 Å². The van der Waals surface area contributed by atoms with E-state index in [9.17, 15) is 9.59 Å². The molecular weight excluding hydrogens is 182 g/mol. The molecule has 0 aliphatic rings. The Bertz CT molecular complexity index is 204. The fourth-order valence-corrected chi connectivity index (χ4v) is 1.11. The molecule has 0 fully saturated rings. The summed E-state index contributed by atoms with van der Waals surface area (Å²) >= 11 is 0. The number of hydrogen-bond donors (Lipinski definition) is 1. The standard InChI is InChI=1S/C10H19NO3/c1-4-5-6-9(12)11(3)7-8(2)10(13)14/h8H,4-7H2,1-3H3,(H,13,14). The van der Waals surface area contributed by atoms with Crippen LogP contribution in [0.2, 0.25) is 0 Å². The van der Waals surface area contributed by atoms with E-state index in [4.69, 9.17) is 5.11 Å². The van der Waals surface area contributed by atoms with Gasteiger partial charge in [-0.25, -0.2) is 0 Å². The van der Waals surface area contributed by atoms with Crippen molar-refractivity contribution in [2.45, 2.75) is 33.1 Å². The third-order valence-corrected chi connectivity index (χ3v) is 2.14. The molecule has 1 N–H and O–H groups in total. The minimum absolute atomic E-state index is 0.0277. The van der Waals surface area contributed by atoms with E-state index in [2.05, 4.69) is 0 Å². The highest BCUT2D eigenvalue weighted by Crippen LogP contribution is 2.03. The SMILES string of the molecule is CCCCC(=O)N(C)CC(C)C(=O)O. The third-order valence-electron chi connectivity index (χ3n) is 2.14. The molecule has 0 aliphatic heterocycles.